The van der Waals surface area contributed by atoms with Crippen LogP contribution in [-0.2, 0) is 19.9 Å². The van der Waals surface area contributed by atoms with Crippen molar-refractivity contribution in [3.8, 4) is 11.1 Å². The number of unbranched alkanes of at least 4 members (excludes halogenated alkanes) is 11. The minimum Gasteiger partial charge on any atom is -0.449 e. The molecule has 0 radical (unpaired) electrons. The fraction of sp³-hybridized carbons (Fsp3) is 0.347. The van der Waals surface area contributed by atoms with Gasteiger partial charge in [-0.15, -0.1) is 0 Å². The van der Waals surface area contributed by atoms with Crippen molar-refractivity contribution in [1.82, 2.24) is 5.32 Å². The Morgan fingerprint density at radius 2 is 1.00 bits per heavy atom. The molecule has 0 bridgehead atoms. The lowest BCUT2D eigenvalue weighted by atomic mass is 9.80. The van der Waals surface area contributed by atoms with Gasteiger partial charge in [-0.2, -0.15) is 0 Å². The Bertz CT molecular complexity index is 1860. The zero-order chi connectivity index (χ0) is 38.1. The topological polar surface area (TPSA) is 64.6 Å². The predicted octanol–water partition coefficient (Wildman–Crippen LogP) is 12.8. The molecule has 0 saturated heterocycles. The van der Waals surface area contributed by atoms with Gasteiger partial charge in [0.15, 0.2) is 5.60 Å². The summed E-state index contributed by atoms with van der Waals surface area (Å²) >= 11 is 6.78. The van der Waals surface area contributed by atoms with Crippen LogP contribution in [0.25, 0.3) is 11.1 Å². The third-order valence-corrected chi connectivity index (χ3v) is 11.1. The van der Waals surface area contributed by atoms with Crippen LogP contribution in [-0.4, -0.2) is 25.2 Å². The number of rotatable bonds is 21. The minimum atomic E-state index is -1.14. The number of carbonyl (C=O) groups is 2. The van der Waals surface area contributed by atoms with Crippen LogP contribution in [0.4, 0.5) is 4.79 Å². The lowest BCUT2D eigenvalue weighted by Crippen LogP contribution is -2.35. The molecule has 1 aliphatic carbocycles. The molecule has 0 atom stereocenters. The van der Waals surface area contributed by atoms with E-state index in [1.807, 2.05) is 84.9 Å². The van der Waals surface area contributed by atoms with Crippen LogP contribution in [0.2, 0.25) is 5.02 Å². The predicted molar refractivity (Wildman–Crippen MR) is 223 cm³/mol. The average molecular weight is 756 g/mol. The lowest BCUT2D eigenvalue weighted by molar-refractivity contribution is -0.153. The third kappa shape index (κ3) is 10.5. The summed E-state index contributed by atoms with van der Waals surface area (Å²) in [6.45, 7) is 1.00. The molecule has 5 aromatic carbocycles. The van der Waals surface area contributed by atoms with E-state index in [0.717, 1.165) is 48.8 Å². The molecular formula is C49H54ClNO4. The maximum atomic E-state index is 13.5. The first-order valence-corrected chi connectivity index (χ1v) is 20.6. The largest absolute Gasteiger partial charge is 0.449 e. The Morgan fingerprint density at radius 1 is 0.545 bits per heavy atom. The van der Waals surface area contributed by atoms with Gasteiger partial charge in [0, 0.05) is 40.6 Å². The van der Waals surface area contributed by atoms with Crippen LogP contribution < -0.4 is 5.32 Å². The first-order valence-electron chi connectivity index (χ1n) is 20.2. The number of amides is 1. The van der Waals surface area contributed by atoms with Gasteiger partial charge in [0.05, 0.1) is 0 Å². The third-order valence-electron chi connectivity index (χ3n) is 10.8. The Balaban J connectivity index is 0.805. The molecule has 0 aromatic heterocycles. The molecular weight excluding hydrogens is 702 g/mol. The van der Waals surface area contributed by atoms with E-state index in [1.54, 1.807) is 0 Å². The molecule has 286 valence electrons. The number of benzene rings is 5. The molecule has 0 fully saturated rings. The minimum absolute atomic E-state index is 0.0857. The van der Waals surface area contributed by atoms with Crippen molar-refractivity contribution in [1.29, 1.82) is 0 Å². The molecule has 0 unspecified atom stereocenters. The van der Waals surface area contributed by atoms with Crippen molar-refractivity contribution in [3.05, 3.63) is 166 Å². The van der Waals surface area contributed by atoms with Crippen molar-refractivity contribution in [2.75, 3.05) is 13.2 Å². The van der Waals surface area contributed by atoms with E-state index < -0.39 is 5.60 Å². The molecule has 1 aliphatic rings. The molecule has 55 heavy (non-hydrogen) atoms. The number of alkyl carbamates (subject to hydrolysis) is 1. The molecule has 0 spiro atoms. The Kier molecular flexibility index (Phi) is 15.0. The lowest BCUT2D eigenvalue weighted by Gasteiger charge is -2.36. The summed E-state index contributed by atoms with van der Waals surface area (Å²) in [4.78, 5) is 25.9. The van der Waals surface area contributed by atoms with Crippen LogP contribution >= 0.6 is 11.6 Å². The fourth-order valence-electron chi connectivity index (χ4n) is 7.97. The van der Waals surface area contributed by atoms with Crippen molar-refractivity contribution >= 4 is 23.7 Å². The SMILES string of the molecule is O=C(CCCCCCCCCCCCCCNC(=O)OCC1c2ccccc2-c2ccccc21)OC(c1ccccc1)(c1ccccc1)c1ccccc1Cl. The number of fused-ring (bicyclic) bond motifs is 3. The van der Waals surface area contributed by atoms with E-state index in [0.29, 0.717) is 24.6 Å². The molecule has 6 heteroatoms. The van der Waals surface area contributed by atoms with Crippen LogP contribution in [0, 0.1) is 0 Å². The Morgan fingerprint density at radius 3 is 1.55 bits per heavy atom. The van der Waals surface area contributed by atoms with Crippen molar-refractivity contribution in [3.63, 3.8) is 0 Å². The summed E-state index contributed by atoms with van der Waals surface area (Å²) in [5.41, 5.74) is 6.28. The van der Waals surface area contributed by atoms with Gasteiger partial charge >= 0.3 is 12.1 Å². The summed E-state index contributed by atoms with van der Waals surface area (Å²) in [7, 11) is 0. The van der Waals surface area contributed by atoms with Gasteiger partial charge < -0.3 is 14.8 Å². The van der Waals surface area contributed by atoms with Crippen molar-refractivity contribution in [2.24, 2.45) is 0 Å². The maximum Gasteiger partial charge on any atom is 0.407 e. The van der Waals surface area contributed by atoms with Crippen LogP contribution in [0.15, 0.2) is 133 Å². The first-order chi connectivity index (χ1) is 27.1. The van der Waals surface area contributed by atoms with Crippen molar-refractivity contribution in [2.45, 2.75) is 95.0 Å². The summed E-state index contributed by atoms with van der Waals surface area (Å²) in [5.74, 6) is -0.136. The van der Waals surface area contributed by atoms with E-state index in [1.165, 1.54) is 67.2 Å². The highest BCUT2D eigenvalue weighted by Gasteiger charge is 2.42. The van der Waals surface area contributed by atoms with Gasteiger partial charge in [-0.3, -0.25) is 4.79 Å². The number of ether oxygens (including phenoxy) is 2. The Hall–Kier alpha value is -4.87. The number of esters is 1. The Labute approximate surface area is 332 Å². The van der Waals surface area contributed by atoms with Gasteiger partial charge in [-0.05, 0) is 41.2 Å². The smallest absolute Gasteiger partial charge is 0.407 e. The monoisotopic (exact) mass is 755 g/mol. The normalized spacial score (nSPS) is 12.2. The molecule has 6 rings (SSSR count). The zero-order valence-electron chi connectivity index (χ0n) is 31.9. The second-order valence-electron chi connectivity index (χ2n) is 14.6. The van der Waals surface area contributed by atoms with Crippen LogP contribution in [0.3, 0.4) is 0 Å². The molecule has 1 amide bonds. The average Bonchev–Trinajstić information content (AvgIpc) is 3.55. The highest BCUT2D eigenvalue weighted by Crippen LogP contribution is 2.45. The van der Waals surface area contributed by atoms with Crippen LogP contribution in [0.5, 0.6) is 0 Å². The van der Waals surface area contributed by atoms with E-state index in [2.05, 4.69) is 53.8 Å². The molecule has 1 N–H and O–H groups in total. The summed E-state index contributed by atoms with van der Waals surface area (Å²) in [6, 6.07) is 44.2. The quantitative estimate of drug-likeness (QED) is 0.0460. The molecule has 0 heterocycles. The highest BCUT2D eigenvalue weighted by atomic mass is 35.5. The zero-order valence-corrected chi connectivity index (χ0v) is 32.7. The van der Waals surface area contributed by atoms with Crippen molar-refractivity contribution < 1.29 is 19.1 Å². The molecule has 0 saturated carbocycles. The number of hydrogen-bond acceptors (Lipinski definition) is 4. The van der Waals surface area contributed by atoms with E-state index in [9.17, 15) is 9.59 Å². The fourth-order valence-corrected chi connectivity index (χ4v) is 8.24. The van der Waals surface area contributed by atoms with Crippen LogP contribution in [0.1, 0.15) is 117 Å². The van der Waals surface area contributed by atoms with Gasteiger partial charge in [-0.1, -0.05) is 203 Å². The maximum absolute atomic E-state index is 13.5. The second-order valence-corrected chi connectivity index (χ2v) is 15.0. The number of carbonyl (C=O) groups excluding carboxylic acids is 2. The second kappa shape index (κ2) is 20.7. The first kappa shape index (κ1) is 39.8. The molecule has 5 nitrogen and oxygen atoms in total. The number of nitrogens with one attached hydrogen (secondary N) is 1. The summed E-state index contributed by atoms with van der Waals surface area (Å²) in [5, 5.41) is 3.50. The molecule has 5 aromatic rings. The van der Waals surface area contributed by atoms with E-state index in [4.69, 9.17) is 21.1 Å². The van der Waals surface area contributed by atoms with Gasteiger partial charge in [0.25, 0.3) is 0 Å². The summed E-state index contributed by atoms with van der Waals surface area (Å²) < 4.78 is 12.2. The number of halogens is 1. The van der Waals surface area contributed by atoms with Gasteiger partial charge in [0.1, 0.15) is 6.61 Å². The highest BCUT2D eigenvalue weighted by molar-refractivity contribution is 6.31. The van der Waals surface area contributed by atoms with E-state index >= 15 is 0 Å². The number of hydrogen-bond donors (Lipinski definition) is 1. The van der Waals surface area contributed by atoms with Gasteiger partial charge in [-0.25, -0.2) is 4.79 Å². The summed E-state index contributed by atoms with van der Waals surface area (Å²) in [6.07, 6.45) is 13.7. The van der Waals surface area contributed by atoms with E-state index in [-0.39, 0.29) is 18.0 Å². The molecule has 0 aliphatic heterocycles. The van der Waals surface area contributed by atoms with Gasteiger partial charge in [0.2, 0.25) is 0 Å². The standard InChI is InChI=1S/C49H54ClNO4/c50-46-34-23-22-33-45(46)49(38-25-13-11-14-26-38,39-27-15-12-16-28-39)55-47(52)35-17-9-7-5-3-1-2-4-6-8-10-24-36-51-48(53)54-37-44-42-31-20-18-29-40(42)41-30-19-21-32-43(41)44/h11-16,18-23,25-34,44H,1-10,17,24,35-37H2,(H,51,53).